The Hall–Kier alpha value is -2.73. The molecule has 142 valence electrons. The minimum absolute atomic E-state index is 0.0898. The van der Waals surface area contributed by atoms with Crippen molar-refractivity contribution in [3.8, 4) is 5.75 Å². The summed E-state index contributed by atoms with van der Waals surface area (Å²) in [6, 6.07) is 16.1. The summed E-state index contributed by atoms with van der Waals surface area (Å²) in [6.45, 7) is 3.66. The molecule has 0 bridgehead atoms. The van der Waals surface area contributed by atoms with Crippen molar-refractivity contribution in [1.82, 2.24) is 9.80 Å². The molecule has 0 aliphatic carbocycles. The minimum Gasteiger partial charge on any atom is -0.481 e. The van der Waals surface area contributed by atoms with E-state index in [1.54, 1.807) is 41.0 Å². The third-order valence-electron chi connectivity index (χ3n) is 4.38. The van der Waals surface area contributed by atoms with Crippen LogP contribution >= 0.6 is 11.6 Å². The van der Waals surface area contributed by atoms with Gasteiger partial charge in [0.2, 0.25) is 0 Å². The fourth-order valence-electron chi connectivity index (χ4n) is 2.88. The van der Waals surface area contributed by atoms with Crippen molar-refractivity contribution >= 4 is 29.2 Å². The van der Waals surface area contributed by atoms with Gasteiger partial charge in [-0.15, -0.1) is 0 Å². The number of benzene rings is 2. The summed E-state index contributed by atoms with van der Waals surface area (Å²) in [4.78, 5) is 28.4. The molecule has 27 heavy (non-hydrogen) atoms. The number of hydrogen-bond acceptors (Lipinski definition) is 3. The molecule has 3 amide bonds. The van der Waals surface area contributed by atoms with Crippen molar-refractivity contribution in [2.75, 3.05) is 31.5 Å². The van der Waals surface area contributed by atoms with Gasteiger partial charge in [0.05, 0.1) is 0 Å². The van der Waals surface area contributed by atoms with Crippen molar-refractivity contribution in [3.05, 3.63) is 59.6 Å². The lowest BCUT2D eigenvalue weighted by Gasteiger charge is -2.35. The number of carbonyl (C=O) groups excluding carboxylic acids is 2. The Morgan fingerprint density at radius 3 is 2.19 bits per heavy atom. The zero-order valence-corrected chi connectivity index (χ0v) is 15.9. The number of ether oxygens (including phenoxy) is 1. The predicted octanol–water partition coefficient (Wildman–Crippen LogP) is 3.48. The molecule has 1 N–H and O–H groups in total. The quantitative estimate of drug-likeness (QED) is 0.873. The van der Waals surface area contributed by atoms with Crippen molar-refractivity contribution < 1.29 is 14.3 Å². The maximum absolute atomic E-state index is 12.6. The highest BCUT2D eigenvalue weighted by atomic mass is 35.5. The van der Waals surface area contributed by atoms with E-state index in [0.717, 1.165) is 5.69 Å². The second-order valence-electron chi connectivity index (χ2n) is 6.32. The molecule has 3 rings (SSSR count). The predicted molar refractivity (Wildman–Crippen MR) is 105 cm³/mol. The number of amides is 3. The summed E-state index contributed by atoms with van der Waals surface area (Å²) in [6.07, 6.45) is -0.601. The first-order valence-electron chi connectivity index (χ1n) is 8.85. The normalized spacial score (nSPS) is 15.2. The molecule has 2 aromatic carbocycles. The van der Waals surface area contributed by atoms with Crippen LogP contribution in [-0.2, 0) is 4.79 Å². The van der Waals surface area contributed by atoms with Crippen molar-refractivity contribution in [2.24, 2.45) is 0 Å². The van der Waals surface area contributed by atoms with Crippen LogP contribution in [0.25, 0.3) is 0 Å². The molecule has 1 aliphatic heterocycles. The molecule has 0 radical (unpaired) electrons. The van der Waals surface area contributed by atoms with Crippen LogP contribution in [0, 0.1) is 0 Å². The Morgan fingerprint density at radius 2 is 1.56 bits per heavy atom. The van der Waals surface area contributed by atoms with Crippen molar-refractivity contribution in [2.45, 2.75) is 13.0 Å². The van der Waals surface area contributed by atoms with Gasteiger partial charge in [-0.05, 0) is 43.3 Å². The average Bonchev–Trinajstić information content (AvgIpc) is 2.70. The number of nitrogens with zero attached hydrogens (tertiary/aromatic N) is 2. The van der Waals surface area contributed by atoms with Crippen LogP contribution in [0.5, 0.6) is 5.75 Å². The molecule has 2 aromatic rings. The lowest BCUT2D eigenvalue weighted by molar-refractivity contribution is -0.139. The molecular formula is C20H22ClN3O3. The second-order valence-corrected chi connectivity index (χ2v) is 6.76. The summed E-state index contributed by atoms with van der Waals surface area (Å²) in [5.74, 6) is 0.509. The zero-order chi connectivity index (χ0) is 19.2. The SMILES string of the molecule is C[C@H](Oc1ccc(Cl)cc1)C(=O)N1CCN(C(=O)Nc2ccccc2)CC1. The number of para-hydroxylation sites is 1. The summed E-state index contributed by atoms with van der Waals surface area (Å²) in [7, 11) is 0. The van der Waals surface area contributed by atoms with E-state index < -0.39 is 6.10 Å². The van der Waals surface area contributed by atoms with Gasteiger partial charge in [-0.3, -0.25) is 4.79 Å². The van der Waals surface area contributed by atoms with E-state index in [9.17, 15) is 9.59 Å². The van der Waals surface area contributed by atoms with Crippen LogP contribution in [-0.4, -0.2) is 54.0 Å². The Balaban J connectivity index is 1.48. The first-order valence-corrected chi connectivity index (χ1v) is 9.23. The van der Waals surface area contributed by atoms with E-state index >= 15 is 0 Å². The molecule has 7 heteroatoms. The lowest BCUT2D eigenvalue weighted by atomic mass is 10.2. The highest BCUT2D eigenvalue weighted by Gasteiger charge is 2.27. The Labute approximate surface area is 163 Å². The number of nitrogens with one attached hydrogen (secondary N) is 1. The average molecular weight is 388 g/mol. The Bertz CT molecular complexity index is 775. The Morgan fingerprint density at radius 1 is 0.963 bits per heavy atom. The van der Waals surface area contributed by atoms with Crippen molar-refractivity contribution in [1.29, 1.82) is 0 Å². The molecular weight excluding hydrogens is 366 g/mol. The molecule has 1 fully saturated rings. The highest BCUT2D eigenvalue weighted by molar-refractivity contribution is 6.30. The van der Waals surface area contributed by atoms with E-state index in [0.29, 0.717) is 37.0 Å². The van der Waals surface area contributed by atoms with Gasteiger partial charge in [0.15, 0.2) is 6.10 Å². The number of carbonyl (C=O) groups is 2. The van der Waals surface area contributed by atoms with E-state index in [2.05, 4.69) is 5.32 Å². The number of halogens is 1. The first-order chi connectivity index (χ1) is 13.0. The van der Waals surface area contributed by atoms with Gasteiger partial charge < -0.3 is 19.9 Å². The fraction of sp³-hybridized carbons (Fsp3) is 0.300. The fourth-order valence-corrected chi connectivity index (χ4v) is 3.00. The van der Waals surface area contributed by atoms with Gasteiger partial charge in [0.1, 0.15) is 5.75 Å². The molecule has 0 aromatic heterocycles. The standard InChI is InChI=1S/C20H22ClN3O3/c1-15(27-18-9-7-16(21)8-10-18)19(25)23-11-13-24(14-12-23)20(26)22-17-5-3-2-4-6-17/h2-10,15H,11-14H2,1H3,(H,22,26)/t15-/m0/s1. The third kappa shape index (κ3) is 5.14. The van der Waals surface area contributed by atoms with Gasteiger partial charge in [-0.2, -0.15) is 0 Å². The summed E-state index contributed by atoms with van der Waals surface area (Å²) in [5.41, 5.74) is 0.756. The monoisotopic (exact) mass is 387 g/mol. The van der Waals surface area contributed by atoms with Crippen LogP contribution in [0.3, 0.4) is 0 Å². The van der Waals surface area contributed by atoms with Crippen LogP contribution in [0.2, 0.25) is 5.02 Å². The molecule has 1 aliphatic rings. The molecule has 1 saturated heterocycles. The van der Waals surface area contributed by atoms with E-state index in [-0.39, 0.29) is 11.9 Å². The summed E-state index contributed by atoms with van der Waals surface area (Å²) < 4.78 is 5.69. The van der Waals surface area contributed by atoms with Gasteiger partial charge in [-0.1, -0.05) is 29.8 Å². The van der Waals surface area contributed by atoms with E-state index in [4.69, 9.17) is 16.3 Å². The topological polar surface area (TPSA) is 61.9 Å². The minimum atomic E-state index is -0.601. The van der Waals surface area contributed by atoms with Crippen LogP contribution < -0.4 is 10.1 Å². The maximum atomic E-state index is 12.6. The van der Waals surface area contributed by atoms with E-state index in [1.165, 1.54) is 0 Å². The molecule has 6 nitrogen and oxygen atoms in total. The lowest BCUT2D eigenvalue weighted by Crippen LogP contribution is -2.54. The van der Waals surface area contributed by atoms with Crippen molar-refractivity contribution in [3.63, 3.8) is 0 Å². The second kappa shape index (κ2) is 8.77. The summed E-state index contributed by atoms with van der Waals surface area (Å²) >= 11 is 5.85. The number of rotatable bonds is 4. The largest absolute Gasteiger partial charge is 0.481 e. The summed E-state index contributed by atoms with van der Waals surface area (Å²) in [5, 5.41) is 3.48. The molecule has 0 spiro atoms. The first kappa shape index (κ1) is 19.0. The molecule has 0 saturated carbocycles. The maximum Gasteiger partial charge on any atom is 0.321 e. The number of piperazine rings is 1. The molecule has 1 heterocycles. The van der Waals surface area contributed by atoms with Gasteiger partial charge in [-0.25, -0.2) is 4.79 Å². The molecule has 0 unspecified atom stereocenters. The highest BCUT2D eigenvalue weighted by Crippen LogP contribution is 2.18. The van der Waals surface area contributed by atoms with E-state index in [1.807, 2.05) is 30.3 Å². The van der Waals surface area contributed by atoms with Gasteiger partial charge in [0.25, 0.3) is 5.91 Å². The van der Waals surface area contributed by atoms with Gasteiger partial charge >= 0.3 is 6.03 Å². The number of urea groups is 1. The smallest absolute Gasteiger partial charge is 0.321 e. The van der Waals surface area contributed by atoms with Gasteiger partial charge in [0, 0.05) is 36.9 Å². The third-order valence-corrected chi connectivity index (χ3v) is 4.63. The van der Waals surface area contributed by atoms with Crippen LogP contribution in [0.4, 0.5) is 10.5 Å². The van der Waals surface area contributed by atoms with Crippen LogP contribution in [0.15, 0.2) is 54.6 Å². The van der Waals surface area contributed by atoms with Crippen LogP contribution in [0.1, 0.15) is 6.92 Å². The number of anilines is 1. The Kier molecular flexibility index (Phi) is 6.19. The number of hydrogen-bond donors (Lipinski definition) is 1. The zero-order valence-electron chi connectivity index (χ0n) is 15.1. The molecule has 1 atom stereocenters.